The van der Waals surface area contributed by atoms with E-state index < -0.39 is 23.6 Å². The number of amides is 1. The van der Waals surface area contributed by atoms with Crippen molar-refractivity contribution in [2.24, 2.45) is 5.92 Å². The summed E-state index contributed by atoms with van der Waals surface area (Å²) < 4.78 is 10.4. The van der Waals surface area contributed by atoms with Crippen molar-refractivity contribution in [1.82, 2.24) is 5.32 Å². The van der Waals surface area contributed by atoms with Gasteiger partial charge in [-0.2, -0.15) is 0 Å². The van der Waals surface area contributed by atoms with E-state index in [2.05, 4.69) is 5.32 Å². The molecule has 0 aliphatic heterocycles. The van der Waals surface area contributed by atoms with Gasteiger partial charge in [0.1, 0.15) is 11.4 Å². The number of carboxylic acids is 1. The lowest BCUT2D eigenvalue weighted by molar-refractivity contribution is -0.141. The Kier molecular flexibility index (Phi) is 6.88. The number of carbonyl (C=O) groups excluding carboxylic acids is 1. The van der Waals surface area contributed by atoms with Crippen LogP contribution in [0.4, 0.5) is 4.79 Å². The number of nitrogens with one attached hydrogen (secondary N) is 1. The number of carboxylic acid groups (broad SMARTS) is 1. The molecule has 1 aromatic rings. The number of ether oxygens (including phenoxy) is 2. The number of hydrogen-bond donors (Lipinski definition) is 2. The largest absolute Gasteiger partial charge is 0.494 e. The predicted octanol–water partition coefficient (Wildman–Crippen LogP) is 2.85. The summed E-state index contributed by atoms with van der Waals surface area (Å²) in [6, 6.07) is 7.26. The normalized spacial score (nSPS) is 12.3. The molecule has 6 nitrogen and oxygen atoms in total. The summed E-state index contributed by atoms with van der Waals surface area (Å²) in [6.45, 7) is 7.74. The number of benzene rings is 1. The topological polar surface area (TPSA) is 84.9 Å². The van der Waals surface area contributed by atoms with Crippen LogP contribution in [0.25, 0.3) is 0 Å². The van der Waals surface area contributed by atoms with E-state index >= 15 is 0 Å². The maximum atomic E-state index is 11.6. The van der Waals surface area contributed by atoms with Crippen LogP contribution >= 0.6 is 0 Å². The van der Waals surface area contributed by atoms with Gasteiger partial charge in [0.25, 0.3) is 0 Å². The molecule has 0 aliphatic carbocycles. The minimum atomic E-state index is -0.963. The van der Waals surface area contributed by atoms with E-state index in [1.807, 2.05) is 19.1 Å². The zero-order valence-electron chi connectivity index (χ0n) is 14.1. The minimum Gasteiger partial charge on any atom is -0.494 e. The van der Waals surface area contributed by atoms with Gasteiger partial charge in [0.2, 0.25) is 0 Å². The molecule has 0 aromatic heterocycles. The second-order valence-electron chi connectivity index (χ2n) is 6.20. The highest BCUT2D eigenvalue weighted by Gasteiger charge is 2.21. The molecule has 2 N–H and O–H groups in total. The predicted molar refractivity (Wildman–Crippen MR) is 86.7 cm³/mol. The molecule has 0 radical (unpaired) electrons. The second kappa shape index (κ2) is 8.41. The van der Waals surface area contributed by atoms with E-state index in [-0.39, 0.29) is 6.54 Å². The number of hydrogen-bond acceptors (Lipinski definition) is 4. The Morgan fingerprint density at radius 2 is 1.83 bits per heavy atom. The quantitative estimate of drug-likeness (QED) is 0.806. The van der Waals surface area contributed by atoms with E-state index in [0.29, 0.717) is 13.0 Å². The Morgan fingerprint density at radius 1 is 1.22 bits per heavy atom. The number of alkyl carbamates (subject to hydrolysis) is 1. The van der Waals surface area contributed by atoms with Gasteiger partial charge in [0, 0.05) is 6.54 Å². The monoisotopic (exact) mass is 323 g/mol. The fraction of sp³-hybridized carbons (Fsp3) is 0.529. The zero-order valence-corrected chi connectivity index (χ0v) is 14.1. The third kappa shape index (κ3) is 7.54. The van der Waals surface area contributed by atoms with E-state index in [1.54, 1.807) is 32.9 Å². The molecule has 1 atom stereocenters. The van der Waals surface area contributed by atoms with Crippen molar-refractivity contribution in [3.05, 3.63) is 29.8 Å². The Labute approximate surface area is 136 Å². The van der Waals surface area contributed by atoms with Crippen LogP contribution in [0.15, 0.2) is 24.3 Å². The van der Waals surface area contributed by atoms with Crippen LogP contribution in [0.3, 0.4) is 0 Å². The highest BCUT2D eigenvalue weighted by Crippen LogP contribution is 2.15. The Morgan fingerprint density at radius 3 is 2.30 bits per heavy atom. The van der Waals surface area contributed by atoms with E-state index in [4.69, 9.17) is 9.47 Å². The Balaban J connectivity index is 2.58. The fourth-order valence-corrected chi connectivity index (χ4v) is 1.94. The fourth-order valence-electron chi connectivity index (χ4n) is 1.94. The van der Waals surface area contributed by atoms with Crippen LogP contribution < -0.4 is 10.1 Å². The molecule has 0 aliphatic rings. The molecule has 0 saturated heterocycles. The first kappa shape index (κ1) is 18.8. The van der Waals surface area contributed by atoms with Crippen molar-refractivity contribution in [2.45, 2.75) is 39.7 Å². The molecule has 0 fully saturated rings. The van der Waals surface area contributed by atoms with Gasteiger partial charge in [-0.1, -0.05) is 12.1 Å². The summed E-state index contributed by atoms with van der Waals surface area (Å²) in [5.41, 5.74) is 0.254. The van der Waals surface area contributed by atoms with Crippen LogP contribution in [0.5, 0.6) is 5.75 Å². The van der Waals surface area contributed by atoms with E-state index in [9.17, 15) is 14.7 Å². The van der Waals surface area contributed by atoms with Crippen molar-refractivity contribution in [1.29, 1.82) is 0 Å². The van der Waals surface area contributed by atoms with Crippen molar-refractivity contribution < 1.29 is 24.2 Å². The molecule has 0 heterocycles. The van der Waals surface area contributed by atoms with Crippen LogP contribution in [0.2, 0.25) is 0 Å². The Bertz CT molecular complexity index is 519. The highest BCUT2D eigenvalue weighted by molar-refractivity contribution is 5.73. The van der Waals surface area contributed by atoms with Crippen molar-refractivity contribution in [2.75, 3.05) is 13.2 Å². The smallest absolute Gasteiger partial charge is 0.407 e. The molecule has 128 valence electrons. The summed E-state index contributed by atoms with van der Waals surface area (Å²) in [4.78, 5) is 23.0. The molecule has 1 amide bonds. The summed E-state index contributed by atoms with van der Waals surface area (Å²) >= 11 is 0. The first-order valence-corrected chi connectivity index (χ1v) is 7.62. The lowest BCUT2D eigenvalue weighted by Gasteiger charge is -2.21. The maximum Gasteiger partial charge on any atom is 0.407 e. The number of carbonyl (C=O) groups is 2. The summed E-state index contributed by atoms with van der Waals surface area (Å²) in [7, 11) is 0. The van der Waals surface area contributed by atoms with Crippen LogP contribution in [0, 0.1) is 5.92 Å². The lowest BCUT2D eigenvalue weighted by atomic mass is 9.99. The molecular formula is C17H25NO5. The second-order valence-corrected chi connectivity index (χ2v) is 6.20. The van der Waals surface area contributed by atoms with Crippen LogP contribution in [0.1, 0.15) is 33.3 Å². The molecule has 1 aromatic carbocycles. The standard InChI is InChI=1S/C17H25NO5/c1-5-22-14-8-6-12(7-9-14)10-13(15(19)20)11-18-16(21)23-17(2,3)4/h6-9,13H,5,10-11H2,1-4H3,(H,18,21)(H,19,20). The average molecular weight is 323 g/mol. The van der Waals surface area contributed by atoms with Gasteiger partial charge in [-0.15, -0.1) is 0 Å². The van der Waals surface area contributed by atoms with Gasteiger partial charge >= 0.3 is 12.1 Å². The van der Waals surface area contributed by atoms with Crippen LogP contribution in [-0.4, -0.2) is 35.9 Å². The zero-order chi connectivity index (χ0) is 17.5. The van der Waals surface area contributed by atoms with Gasteiger partial charge in [-0.25, -0.2) is 4.79 Å². The van der Waals surface area contributed by atoms with Gasteiger partial charge in [0.15, 0.2) is 0 Å². The van der Waals surface area contributed by atoms with Gasteiger partial charge in [-0.05, 0) is 51.8 Å². The number of aliphatic carboxylic acids is 1. The van der Waals surface area contributed by atoms with Crippen LogP contribution in [-0.2, 0) is 16.0 Å². The van der Waals surface area contributed by atoms with Crippen molar-refractivity contribution >= 4 is 12.1 Å². The highest BCUT2D eigenvalue weighted by atomic mass is 16.6. The third-order valence-electron chi connectivity index (χ3n) is 2.96. The van der Waals surface area contributed by atoms with E-state index in [0.717, 1.165) is 11.3 Å². The van der Waals surface area contributed by atoms with E-state index in [1.165, 1.54) is 0 Å². The molecule has 0 saturated carbocycles. The summed E-state index contributed by atoms with van der Waals surface area (Å²) in [6.07, 6.45) is -0.298. The van der Waals surface area contributed by atoms with Gasteiger partial charge in [0.05, 0.1) is 12.5 Å². The summed E-state index contributed by atoms with van der Waals surface area (Å²) in [5.74, 6) is -0.939. The lowest BCUT2D eigenvalue weighted by Crippen LogP contribution is -2.37. The van der Waals surface area contributed by atoms with Gasteiger partial charge in [-0.3, -0.25) is 4.79 Å². The SMILES string of the molecule is CCOc1ccc(CC(CNC(=O)OC(C)(C)C)C(=O)O)cc1. The molecule has 0 bridgehead atoms. The summed E-state index contributed by atoms with van der Waals surface area (Å²) in [5, 5.41) is 11.8. The molecule has 1 unspecified atom stereocenters. The van der Waals surface area contributed by atoms with Gasteiger partial charge < -0.3 is 19.9 Å². The first-order chi connectivity index (χ1) is 10.7. The third-order valence-corrected chi connectivity index (χ3v) is 2.96. The number of rotatable bonds is 7. The average Bonchev–Trinajstić information content (AvgIpc) is 2.43. The molecule has 23 heavy (non-hydrogen) atoms. The first-order valence-electron chi connectivity index (χ1n) is 7.62. The molecule has 0 spiro atoms. The minimum absolute atomic E-state index is 0.0114. The molecule has 6 heteroatoms. The van der Waals surface area contributed by atoms with Crippen molar-refractivity contribution in [3.63, 3.8) is 0 Å². The van der Waals surface area contributed by atoms with Crippen molar-refractivity contribution in [3.8, 4) is 5.75 Å². The Hall–Kier alpha value is -2.24. The maximum absolute atomic E-state index is 11.6. The molecule has 1 rings (SSSR count). The molecular weight excluding hydrogens is 298 g/mol.